The fraction of sp³-hybridized carbons (Fsp3) is 0.944. The number of fused-ring (bicyclic) bond motifs is 1. The molecule has 0 radical (unpaired) electrons. The Morgan fingerprint density at radius 3 is 2.67 bits per heavy atom. The Hall–Kier alpha value is -0.570. The SMILES string of the molecule is CCCCC1CCC(C(=O)N2CC3CCCNC3C2)CC1. The van der Waals surface area contributed by atoms with E-state index in [1.54, 1.807) is 0 Å². The van der Waals surface area contributed by atoms with Crippen LogP contribution in [0.3, 0.4) is 0 Å². The van der Waals surface area contributed by atoms with E-state index in [0.717, 1.165) is 44.3 Å². The van der Waals surface area contributed by atoms with Gasteiger partial charge in [0, 0.05) is 25.0 Å². The topological polar surface area (TPSA) is 32.3 Å². The predicted octanol–water partition coefficient (Wildman–Crippen LogP) is 3.19. The molecule has 1 aliphatic carbocycles. The molecule has 0 aromatic rings. The van der Waals surface area contributed by atoms with Crippen LogP contribution in [0.2, 0.25) is 0 Å². The van der Waals surface area contributed by atoms with Crippen LogP contribution < -0.4 is 5.32 Å². The molecule has 3 heteroatoms. The lowest BCUT2D eigenvalue weighted by Crippen LogP contribution is -2.41. The van der Waals surface area contributed by atoms with Crippen molar-refractivity contribution in [2.45, 2.75) is 70.8 Å². The molecule has 1 saturated carbocycles. The van der Waals surface area contributed by atoms with Crippen molar-refractivity contribution in [3.8, 4) is 0 Å². The third-order valence-electron chi connectivity index (χ3n) is 6.07. The number of unbranched alkanes of at least 4 members (excludes halogenated alkanes) is 1. The summed E-state index contributed by atoms with van der Waals surface area (Å²) in [6, 6.07) is 0.587. The molecule has 2 unspecified atom stereocenters. The molecule has 2 heterocycles. The molecule has 3 rings (SSSR count). The molecular formula is C18H32N2O. The molecule has 0 spiro atoms. The molecule has 0 aromatic carbocycles. The summed E-state index contributed by atoms with van der Waals surface area (Å²) in [4.78, 5) is 14.9. The van der Waals surface area contributed by atoms with Gasteiger partial charge in [-0.3, -0.25) is 4.79 Å². The van der Waals surface area contributed by atoms with E-state index in [1.807, 2.05) is 0 Å². The predicted molar refractivity (Wildman–Crippen MR) is 86.1 cm³/mol. The van der Waals surface area contributed by atoms with Gasteiger partial charge < -0.3 is 10.2 Å². The monoisotopic (exact) mass is 292 g/mol. The van der Waals surface area contributed by atoms with E-state index in [4.69, 9.17) is 0 Å². The van der Waals surface area contributed by atoms with Gasteiger partial charge in [0.15, 0.2) is 0 Å². The van der Waals surface area contributed by atoms with Gasteiger partial charge in [0.05, 0.1) is 0 Å². The van der Waals surface area contributed by atoms with Crippen LogP contribution in [0.1, 0.15) is 64.7 Å². The zero-order valence-electron chi connectivity index (χ0n) is 13.7. The molecule has 2 saturated heterocycles. The van der Waals surface area contributed by atoms with E-state index in [1.165, 1.54) is 44.9 Å². The minimum atomic E-state index is 0.336. The summed E-state index contributed by atoms with van der Waals surface area (Å²) in [6.45, 7) is 5.41. The van der Waals surface area contributed by atoms with Crippen LogP contribution in [0, 0.1) is 17.8 Å². The number of amides is 1. The molecule has 120 valence electrons. The van der Waals surface area contributed by atoms with Gasteiger partial charge in [-0.2, -0.15) is 0 Å². The van der Waals surface area contributed by atoms with Gasteiger partial charge in [-0.05, 0) is 56.9 Å². The van der Waals surface area contributed by atoms with Crippen molar-refractivity contribution < 1.29 is 4.79 Å². The third kappa shape index (κ3) is 3.61. The number of likely N-dealkylation sites (tertiary alicyclic amines) is 1. The smallest absolute Gasteiger partial charge is 0.225 e. The first kappa shape index (κ1) is 15.3. The van der Waals surface area contributed by atoms with Crippen LogP contribution in [-0.4, -0.2) is 36.5 Å². The summed E-state index contributed by atoms with van der Waals surface area (Å²) in [5.41, 5.74) is 0. The second kappa shape index (κ2) is 7.13. The van der Waals surface area contributed by atoms with Crippen LogP contribution in [0.5, 0.6) is 0 Å². The lowest BCUT2D eigenvalue weighted by Gasteiger charge is -2.30. The fourth-order valence-corrected chi connectivity index (χ4v) is 4.68. The van der Waals surface area contributed by atoms with Gasteiger partial charge in [-0.1, -0.05) is 26.2 Å². The zero-order chi connectivity index (χ0) is 14.7. The molecule has 3 nitrogen and oxygen atoms in total. The van der Waals surface area contributed by atoms with Crippen LogP contribution in [0.15, 0.2) is 0 Å². The highest BCUT2D eigenvalue weighted by molar-refractivity contribution is 5.79. The van der Waals surface area contributed by atoms with Gasteiger partial charge in [0.25, 0.3) is 0 Å². The van der Waals surface area contributed by atoms with Crippen LogP contribution in [0.4, 0.5) is 0 Å². The Labute approximate surface area is 129 Å². The summed E-state index contributed by atoms with van der Waals surface area (Å²) >= 11 is 0. The summed E-state index contributed by atoms with van der Waals surface area (Å²) in [5, 5.41) is 3.61. The lowest BCUT2D eigenvalue weighted by atomic mass is 9.79. The van der Waals surface area contributed by atoms with Gasteiger partial charge in [0.2, 0.25) is 5.91 Å². The molecular weight excluding hydrogens is 260 g/mol. The minimum Gasteiger partial charge on any atom is -0.341 e. The average molecular weight is 292 g/mol. The first-order valence-electron chi connectivity index (χ1n) is 9.30. The van der Waals surface area contributed by atoms with Crippen molar-refractivity contribution in [1.82, 2.24) is 10.2 Å². The van der Waals surface area contributed by atoms with Crippen molar-refractivity contribution >= 4 is 5.91 Å². The van der Waals surface area contributed by atoms with Crippen molar-refractivity contribution in [2.75, 3.05) is 19.6 Å². The quantitative estimate of drug-likeness (QED) is 0.863. The molecule has 1 amide bonds. The van der Waals surface area contributed by atoms with Gasteiger partial charge in [-0.15, -0.1) is 0 Å². The second-order valence-electron chi connectivity index (χ2n) is 7.57. The van der Waals surface area contributed by atoms with E-state index in [9.17, 15) is 4.79 Å². The number of nitrogens with one attached hydrogen (secondary N) is 1. The van der Waals surface area contributed by atoms with Gasteiger partial charge >= 0.3 is 0 Å². The van der Waals surface area contributed by atoms with Crippen LogP contribution >= 0.6 is 0 Å². The van der Waals surface area contributed by atoms with E-state index in [-0.39, 0.29) is 0 Å². The Balaban J connectivity index is 1.46. The van der Waals surface area contributed by atoms with E-state index in [2.05, 4.69) is 17.1 Å². The summed E-state index contributed by atoms with van der Waals surface area (Å²) < 4.78 is 0. The fourth-order valence-electron chi connectivity index (χ4n) is 4.68. The summed E-state index contributed by atoms with van der Waals surface area (Å²) in [5.74, 6) is 2.43. The first-order chi connectivity index (χ1) is 10.3. The zero-order valence-corrected chi connectivity index (χ0v) is 13.7. The summed E-state index contributed by atoms with van der Waals surface area (Å²) in [7, 11) is 0. The standard InChI is InChI=1S/C18H32N2O/c1-2-3-5-14-7-9-15(10-8-14)18(21)20-12-16-6-4-11-19-17(16)13-20/h14-17,19H,2-13H2,1H3. The van der Waals surface area contributed by atoms with Gasteiger partial charge in [-0.25, -0.2) is 0 Å². The number of carbonyl (C=O) groups is 1. The molecule has 3 fully saturated rings. The normalized spacial score (nSPS) is 36.5. The number of piperidine rings is 1. The maximum Gasteiger partial charge on any atom is 0.225 e. The maximum absolute atomic E-state index is 12.8. The molecule has 3 aliphatic rings. The van der Waals surface area contributed by atoms with Gasteiger partial charge in [0.1, 0.15) is 0 Å². The number of nitrogens with zero attached hydrogens (tertiary/aromatic N) is 1. The highest BCUT2D eigenvalue weighted by Crippen LogP contribution is 2.34. The first-order valence-corrected chi connectivity index (χ1v) is 9.30. The third-order valence-corrected chi connectivity index (χ3v) is 6.07. The van der Waals surface area contributed by atoms with Crippen molar-refractivity contribution in [2.24, 2.45) is 17.8 Å². The van der Waals surface area contributed by atoms with Crippen LogP contribution in [0.25, 0.3) is 0 Å². The Kier molecular flexibility index (Phi) is 5.20. The van der Waals surface area contributed by atoms with Crippen molar-refractivity contribution in [1.29, 1.82) is 0 Å². The highest BCUT2D eigenvalue weighted by Gasteiger charge is 2.39. The average Bonchev–Trinajstić information content (AvgIpc) is 2.96. The number of rotatable bonds is 4. The number of hydrogen-bond acceptors (Lipinski definition) is 2. The van der Waals surface area contributed by atoms with Crippen LogP contribution in [-0.2, 0) is 4.79 Å². The maximum atomic E-state index is 12.8. The van der Waals surface area contributed by atoms with Crippen molar-refractivity contribution in [3.63, 3.8) is 0 Å². The molecule has 0 bridgehead atoms. The van der Waals surface area contributed by atoms with E-state index >= 15 is 0 Å². The minimum absolute atomic E-state index is 0.336. The van der Waals surface area contributed by atoms with E-state index in [0.29, 0.717) is 17.9 Å². The Morgan fingerprint density at radius 2 is 1.95 bits per heavy atom. The highest BCUT2D eigenvalue weighted by atomic mass is 16.2. The van der Waals surface area contributed by atoms with Crippen molar-refractivity contribution in [3.05, 3.63) is 0 Å². The molecule has 2 atom stereocenters. The molecule has 2 aliphatic heterocycles. The molecule has 0 aromatic heterocycles. The number of hydrogen-bond donors (Lipinski definition) is 1. The molecule has 1 N–H and O–H groups in total. The van der Waals surface area contributed by atoms with E-state index < -0.39 is 0 Å². The largest absolute Gasteiger partial charge is 0.341 e. The second-order valence-corrected chi connectivity index (χ2v) is 7.57. The lowest BCUT2D eigenvalue weighted by molar-refractivity contribution is -0.136. The molecule has 21 heavy (non-hydrogen) atoms. The Morgan fingerprint density at radius 1 is 1.14 bits per heavy atom. The Bertz CT molecular complexity index is 335. The summed E-state index contributed by atoms with van der Waals surface area (Å²) in [6.07, 6.45) is 11.5. The number of carbonyl (C=O) groups excluding carboxylic acids is 1.